The maximum atomic E-state index is 13.0. The van der Waals surface area contributed by atoms with Crippen LogP contribution in [0.1, 0.15) is 16.1 Å². The maximum absolute atomic E-state index is 13.0. The monoisotopic (exact) mass is 497 g/mol. The number of pyridine rings is 1. The lowest BCUT2D eigenvalue weighted by Gasteiger charge is -2.14. The first-order valence-electron chi connectivity index (χ1n) is 10.0. The van der Waals surface area contributed by atoms with Crippen LogP contribution in [-0.4, -0.2) is 31.5 Å². The number of carbonyl (C=O) groups is 1. The lowest BCUT2D eigenvalue weighted by atomic mass is 10.1. The molecule has 0 aliphatic carbocycles. The number of carbonyl (C=O) groups excluding carboxylic acids is 1. The van der Waals surface area contributed by atoms with Crippen LogP contribution in [-0.2, 0) is 10.0 Å². The van der Waals surface area contributed by atoms with E-state index in [0.717, 1.165) is 0 Å². The standard InChI is InChI=1S/C24H20ClN3O5S/c1-14-18(12-15-11-16(25)7-9-19(15)26-14)24(30)27-21-13-17(8-10-22(21)29)34(31,32)28-20-5-3-4-6-23(20)33-2/h3-13,28-29H,1-2H3,(H,27,30). The first-order chi connectivity index (χ1) is 16.2. The zero-order valence-corrected chi connectivity index (χ0v) is 19.7. The Hall–Kier alpha value is -3.82. The molecule has 0 fully saturated rings. The molecular weight excluding hydrogens is 478 g/mol. The van der Waals surface area contributed by atoms with Crippen LogP contribution >= 0.6 is 11.6 Å². The van der Waals surface area contributed by atoms with Gasteiger partial charge in [-0.25, -0.2) is 8.42 Å². The summed E-state index contributed by atoms with van der Waals surface area (Å²) in [4.78, 5) is 17.2. The highest BCUT2D eigenvalue weighted by atomic mass is 35.5. The van der Waals surface area contributed by atoms with Crippen LogP contribution in [0.3, 0.4) is 0 Å². The average Bonchev–Trinajstić information content (AvgIpc) is 2.80. The largest absolute Gasteiger partial charge is 0.506 e. The number of aromatic nitrogens is 1. The minimum atomic E-state index is -4.05. The number of phenols is 1. The SMILES string of the molecule is COc1ccccc1NS(=O)(=O)c1ccc(O)c(NC(=O)c2cc3cc(Cl)ccc3nc2C)c1. The van der Waals surface area contributed by atoms with Crippen molar-refractivity contribution >= 4 is 49.8 Å². The Balaban J connectivity index is 1.64. The van der Waals surface area contributed by atoms with Crippen LogP contribution < -0.4 is 14.8 Å². The van der Waals surface area contributed by atoms with Crippen molar-refractivity contribution in [2.45, 2.75) is 11.8 Å². The number of benzene rings is 3. The summed E-state index contributed by atoms with van der Waals surface area (Å²) in [7, 11) is -2.62. The van der Waals surface area contributed by atoms with Crippen LogP contribution in [0.25, 0.3) is 10.9 Å². The van der Waals surface area contributed by atoms with E-state index in [0.29, 0.717) is 27.4 Å². The smallest absolute Gasteiger partial charge is 0.262 e. The van der Waals surface area contributed by atoms with E-state index >= 15 is 0 Å². The third-order valence-corrected chi connectivity index (χ3v) is 6.69. The Bertz CT molecular complexity index is 1520. The zero-order chi connectivity index (χ0) is 24.5. The number of nitrogens with zero attached hydrogens (tertiary/aromatic N) is 1. The number of nitrogens with one attached hydrogen (secondary N) is 2. The predicted octanol–water partition coefficient (Wildman–Crippen LogP) is 4.96. The summed E-state index contributed by atoms with van der Waals surface area (Å²) in [5.41, 5.74) is 1.58. The molecule has 10 heteroatoms. The highest BCUT2D eigenvalue weighted by molar-refractivity contribution is 7.92. The molecule has 174 valence electrons. The van der Waals surface area contributed by atoms with Crippen LogP contribution in [0, 0.1) is 6.92 Å². The Labute approximate surface area is 201 Å². The average molecular weight is 498 g/mol. The molecule has 0 unspecified atom stereocenters. The first kappa shape index (κ1) is 23.3. The van der Waals surface area contributed by atoms with Crippen molar-refractivity contribution in [1.82, 2.24) is 4.98 Å². The Morgan fingerprint density at radius 1 is 1.03 bits per heavy atom. The van der Waals surface area contributed by atoms with E-state index in [2.05, 4.69) is 15.0 Å². The number of fused-ring (bicyclic) bond motifs is 1. The second-order valence-electron chi connectivity index (χ2n) is 7.40. The molecule has 0 spiro atoms. The van der Waals surface area contributed by atoms with Gasteiger partial charge >= 0.3 is 0 Å². The van der Waals surface area contributed by atoms with E-state index in [-0.39, 0.29) is 27.6 Å². The molecular formula is C24H20ClN3O5S. The van der Waals surface area contributed by atoms with Gasteiger partial charge in [-0.2, -0.15) is 0 Å². The molecule has 3 N–H and O–H groups in total. The predicted molar refractivity (Wildman–Crippen MR) is 131 cm³/mol. The summed E-state index contributed by atoms with van der Waals surface area (Å²) in [5, 5.41) is 14.0. The molecule has 1 amide bonds. The van der Waals surface area contributed by atoms with Gasteiger partial charge in [-0.15, -0.1) is 0 Å². The van der Waals surface area contributed by atoms with Gasteiger partial charge in [-0.3, -0.25) is 14.5 Å². The number of phenolic OH excluding ortho intramolecular Hbond substituents is 1. The highest BCUT2D eigenvalue weighted by Gasteiger charge is 2.20. The first-order valence-corrected chi connectivity index (χ1v) is 11.9. The molecule has 1 heterocycles. The molecule has 34 heavy (non-hydrogen) atoms. The number of aryl methyl sites for hydroxylation is 1. The van der Waals surface area contributed by atoms with Gasteiger partial charge in [0.25, 0.3) is 15.9 Å². The Morgan fingerprint density at radius 3 is 2.56 bits per heavy atom. The minimum Gasteiger partial charge on any atom is -0.506 e. The Kier molecular flexibility index (Phi) is 6.32. The van der Waals surface area contributed by atoms with Gasteiger partial charge in [0.1, 0.15) is 11.5 Å². The molecule has 0 aliphatic heterocycles. The molecule has 0 bridgehead atoms. The summed E-state index contributed by atoms with van der Waals surface area (Å²) in [5.74, 6) is -0.508. The third kappa shape index (κ3) is 4.75. The summed E-state index contributed by atoms with van der Waals surface area (Å²) < 4.78 is 33.5. The van der Waals surface area contributed by atoms with E-state index in [1.54, 1.807) is 55.5 Å². The second kappa shape index (κ2) is 9.20. The fourth-order valence-corrected chi connectivity index (χ4v) is 4.65. The van der Waals surface area contributed by atoms with Crippen molar-refractivity contribution in [3.8, 4) is 11.5 Å². The molecule has 0 atom stereocenters. The number of ether oxygens (including phenoxy) is 1. The number of aromatic hydroxyl groups is 1. The lowest BCUT2D eigenvalue weighted by Crippen LogP contribution is -2.16. The molecule has 0 radical (unpaired) electrons. The summed E-state index contributed by atoms with van der Waals surface area (Å²) in [6.07, 6.45) is 0. The lowest BCUT2D eigenvalue weighted by molar-refractivity contribution is 0.102. The van der Waals surface area contributed by atoms with Crippen molar-refractivity contribution in [2.75, 3.05) is 17.1 Å². The van der Waals surface area contributed by atoms with Crippen molar-refractivity contribution in [2.24, 2.45) is 0 Å². The van der Waals surface area contributed by atoms with Crippen molar-refractivity contribution in [3.63, 3.8) is 0 Å². The van der Waals surface area contributed by atoms with Gasteiger partial charge in [0.15, 0.2) is 0 Å². The van der Waals surface area contributed by atoms with Crippen molar-refractivity contribution in [1.29, 1.82) is 0 Å². The molecule has 0 saturated heterocycles. The second-order valence-corrected chi connectivity index (χ2v) is 9.52. The van der Waals surface area contributed by atoms with Gasteiger partial charge in [-0.1, -0.05) is 23.7 Å². The molecule has 8 nitrogen and oxygen atoms in total. The quantitative estimate of drug-likeness (QED) is 0.324. The van der Waals surface area contributed by atoms with Crippen LogP contribution in [0.2, 0.25) is 5.02 Å². The van der Waals surface area contributed by atoms with E-state index < -0.39 is 15.9 Å². The van der Waals surface area contributed by atoms with E-state index in [9.17, 15) is 18.3 Å². The molecule has 4 rings (SSSR count). The van der Waals surface area contributed by atoms with Gasteiger partial charge in [0.05, 0.1) is 40.2 Å². The number of methoxy groups -OCH3 is 1. The maximum Gasteiger partial charge on any atom is 0.262 e. The zero-order valence-electron chi connectivity index (χ0n) is 18.2. The molecule has 1 aromatic heterocycles. The number of hydrogen-bond donors (Lipinski definition) is 3. The van der Waals surface area contributed by atoms with Gasteiger partial charge in [0.2, 0.25) is 0 Å². The van der Waals surface area contributed by atoms with Crippen LogP contribution in [0.5, 0.6) is 11.5 Å². The number of halogens is 1. The molecule has 0 aliphatic rings. The topological polar surface area (TPSA) is 118 Å². The van der Waals surface area contributed by atoms with E-state index in [4.69, 9.17) is 16.3 Å². The van der Waals surface area contributed by atoms with Crippen LogP contribution in [0.4, 0.5) is 11.4 Å². The number of hydrogen-bond acceptors (Lipinski definition) is 6. The number of anilines is 2. The number of sulfonamides is 1. The fourth-order valence-electron chi connectivity index (χ4n) is 3.38. The molecule has 0 saturated carbocycles. The number of amides is 1. The van der Waals surface area contributed by atoms with Gasteiger partial charge in [-0.05, 0) is 61.5 Å². The molecule has 4 aromatic rings. The van der Waals surface area contributed by atoms with E-state index in [1.807, 2.05) is 0 Å². The summed E-state index contributed by atoms with van der Waals surface area (Å²) in [6, 6.07) is 16.9. The highest BCUT2D eigenvalue weighted by Crippen LogP contribution is 2.31. The number of rotatable bonds is 6. The third-order valence-electron chi connectivity index (χ3n) is 5.09. The normalized spacial score (nSPS) is 11.3. The minimum absolute atomic E-state index is 0.0708. The van der Waals surface area contributed by atoms with Crippen molar-refractivity contribution in [3.05, 3.63) is 83.0 Å². The summed E-state index contributed by atoms with van der Waals surface area (Å²) >= 11 is 6.05. The van der Waals surface area contributed by atoms with Gasteiger partial charge < -0.3 is 15.2 Å². The van der Waals surface area contributed by atoms with Crippen molar-refractivity contribution < 1.29 is 23.1 Å². The van der Waals surface area contributed by atoms with E-state index in [1.165, 1.54) is 25.3 Å². The molecule has 3 aromatic carbocycles. The Morgan fingerprint density at radius 2 is 1.79 bits per heavy atom. The number of para-hydroxylation sites is 2. The van der Waals surface area contributed by atoms with Gasteiger partial charge in [0, 0.05) is 10.4 Å². The van der Waals surface area contributed by atoms with Crippen LogP contribution in [0.15, 0.2) is 71.6 Å². The summed E-state index contributed by atoms with van der Waals surface area (Å²) in [6.45, 7) is 1.68. The fraction of sp³-hybridized carbons (Fsp3) is 0.0833.